The Kier molecular flexibility index (Phi) is 10.6. The number of ether oxygens (including phenoxy) is 2. The molecule has 0 saturated carbocycles. The Hall–Kier alpha value is -3.21. The number of benzene rings is 1. The molecular formula is C26H34ClN6O10P. The van der Waals surface area contributed by atoms with Crippen LogP contribution in [0.25, 0.3) is 11.2 Å². The summed E-state index contributed by atoms with van der Waals surface area (Å²) >= 11 is 6.12. The molecular weight excluding hydrogens is 623 g/mol. The number of aromatic nitrogens is 4. The highest BCUT2D eigenvalue weighted by molar-refractivity contribution is 7.52. The fraction of sp³-hybridized carbons (Fsp3) is 0.500. The highest BCUT2D eigenvalue weighted by Gasteiger charge is 2.54. The van der Waals surface area contributed by atoms with Crippen LogP contribution in [0.15, 0.2) is 30.6 Å². The zero-order valence-electron chi connectivity index (χ0n) is 24.1. The van der Waals surface area contributed by atoms with Gasteiger partial charge in [0, 0.05) is 6.42 Å². The van der Waals surface area contributed by atoms with Crippen molar-refractivity contribution >= 4 is 48.7 Å². The van der Waals surface area contributed by atoms with Crippen LogP contribution < -0.4 is 15.3 Å². The lowest BCUT2D eigenvalue weighted by Gasteiger charge is -2.27. The molecule has 0 aliphatic carbocycles. The van der Waals surface area contributed by atoms with E-state index in [1.807, 2.05) is 0 Å². The largest absolute Gasteiger partial charge is 0.481 e. The molecule has 0 amide bonds. The highest BCUT2D eigenvalue weighted by atomic mass is 35.5. The van der Waals surface area contributed by atoms with E-state index in [-0.39, 0.29) is 53.6 Å². The number of hydrogen-bond acceptors (Lipinski definition) is 13. The summed E-state index contributed by atoms with van der Waals surface area (Å²) in [6, 6.07) is 5.19. The molecule has 4 rings (SSSR count). The zero-order chi connectivity index (χ0) is 32.2. The second-order valence-corrected chi connectivity index (χ2v) is 12.6. The number of nitrogen functional groups attached to an aromatic ring is 1. The molecule has 0 radical (unpaired) electrons. The van der Waals surface area contributed by atoms with Crippen LogP contribution in [0, 0.1) is 0 Å². The maximum Gasteiger partial charge on any atom is 0.459 e. The van der Waals surface area contributed by atoms with Gasteiger partial charge in [0.15, 0.2) is 17.0 Å². The topological polar surface area (TPSA) is 230 Å². The highest BCUT2D eigenvalue weighted by Crippen LogP contribution is 2.48. The minimum atomic E-state index is -4.46. The van der Waals surface area contributed by atoms with E-state index in [1.54, 1.807) is 32.0 Å². The monoisotopic (exact) mass is 656 g/mol. The Morgan fingerprint density at radius 2 is 2.07 bits per heavy atom. The maximum atomic E-state index is 14.1. The Labute approximate surface area is 257 Å². The number of carboxylic acids is 1. The molecule has 1 aliphatic rings. The second-order valence-electron chi connectivity index (χ2n) is 10.5. The number of carbonyl (C=O) groups excluding carboxylic acids is 1. The third-order valence-electron chi connectivity index (χ3n) is 6.71. The van der Waals surface area contributed by atoms with E-state index >= 15 is 0 Å². The van der Waals surface area contributed by atoms with Gasteiger partial charge in [0.25, 0.3) is 0 Å². The van der Waals surface area contributed by atoms with Crippen molar-refractivity contribution in [2.45, 2.75) is 69.8 Å². The number of carbonyl (C=O) groups is 2. The second kappa shape index (κ2) is 13.8. The number of halogens is 1. The Morgan fingerprint density at radius 3 is 2.75 bits per heavy atom. The molecule has 1 saturated heterocycles. The number of aliphatic carboxylic acids is 1. The van der Waals surface area contributed by atoms with Gasteiger partial charge in [-0.2, -0.15) is 15.1 Å². The fourth-order valence-electron chi connectivity index (χ4n) is 4.49. The lowest BCUT2D eigenvalue weighted by atomic mass is 9.96. The van der Waals surface area contributed by atoms with Crippen LogP contribution in [-0.2, 0) is 34.6 Å². The van der Waals surface area contributed by atoms with Crippen LogP contribution in [0.1, 0.15) is 39.0 Å². The van der Waals surface area contributed by atoms with Crippen LogP contribution in [0.5, 0.6) is 5.75 Å². The van der Waals surface area contributed by atoms with Gasteiger partial charge in [-0.15, -0.1) is 0 Å². The van der Waals surface area contributed by atoms with Crippen LogP contribution in [-0.4, -0.2) is 90.3 Å². The smallest absolute Gasteiger partial charge is 0.459 e. The summed E-state index contributed by atoms with van der Waals surface area (Å²) in [5, 5.41) is 34.0. The first-order valence-corrected chi connectivity index (χ1v) is 15.5. The molecule has 2 aromatic heterocycles. The molecule has 3 aromatic rings. The molecule has 1 unspecified atom stereocenters. The molecule has 0 bridgehead atoms. The number of nitrogens with zero attached hydrogens (tertiary/aromatic N) is 4. The average molecular weight is 657 g/mol. The van der Waals surface area contributed by atoms with Gasteiger partial charge in [-0.1, -0.05) is 29.8 Å². The number of nitrogens with one attached hydrogen (secondary N) is 1. The average Bonchev–Trinajstić information content (AvgIpc) is 3.47. The summed E-state index contributed by atoms with van der Waals surface area (Å²) in [6.45, 7) is 4.08. The summed E-state index contributed by atoms with van der Waals surface area (Å²) in [5.74, 6) is -1.14. The molecule has 6 atom stereocenters. The van der Waals surface area contributed by atoms with E-state index in [0.29, 0.717) is 11.8 Å². The van der Waals surface area contributed by atoms with Crippen molar-refractivity contribution in [2.75, 3.05) is 18.9 Å². The van der Waals surface area contributed by atoms with Crippen LogP contribution in [0.4, 0.5) is 5.95 Å². The van der Waals surface area contributed by atoms with Crippen LogP contribution >= 0.6 is 19.3 Å². The third-order valence-corrected chi connectivity index (χ3v) is 8.55. The van der Waals surface area contributed by atoms with E-state index in [0.717, 1.165) is 0 Å². The lowest BCUT2D eigenvalue weighted by Crippen LogP contribution is -2.44. The number of aliphatic hydroxyl groups is 2. The van der Waals surface area contributed by atoms with E-state index in [1.165, 1.54) is 23.9 Å². The summed E-state index contributed by atoms with van der Waals surface area (Å²) in [7, 11) is -4.46. The van der Waals surface area contributed by atoms with Crippen molar-refractivity contribution in [3.05, 3.63) is 41.3 Å². The molecule has 3 heterocycles. The number of rotatable bonds is 15. The zero-order valence-corrected chi connectivity index (χ0v) is 25.7. The molecule has 16 nitrogen and oxygen atoms in total. The van der Waals surface area contributed by atoms with Gasteiger partial charge in [-0.05, 0) is 38.8 Å². The number of carboxylic acid groups (broad SMARTS) is 1. The van der Waals surface area contributed by atoms with E-state index in [4.69, 9.17) is 41.0 Å². The van der Waals surface area contributed by atoms with Gasteiger partial charge in [0.05, 0.1) is 31.7 Å². The Bertz CT molecular complexity index is 1540. The fourth-order valence-corrected chi connectivity index (χ4v) is 6.21. The number of hydrogen-bond donors (Lipinski definition) is 5. The van der Waals surface area contributed by atoms with Gasteiger partial charge in [0.1, 0.15) is 35.4 Å². The molecule has 1 aromatic carbocycles. The molecule has 240 valence electrons. The first-order valence-electron chi connectivity index (χ1n) is 13.5. The molecule has 1 fully saturated rings. The number of anilines is 1. The summed E-state index contributed by atoms with van der Waals surface area (Å²) in [6.07, 6.45) is -2.77. The predicted molar refractivity (Wildman–Crippen MR) is 156 cm³/mol. The Morgan fingerprint density at radius 1 is 1.34 bits per heavy atom. The summed E-state index contributed by atoms with van der Waals surface area (Å²) in [4.78, 5) is 35.1. The standard InChI is InChI=1S/C26H34ClN6O10P/c1-14(2)40-11-16(10-34)32-44(39,43-17-7-5-4-6-15(17)8-9-19(35)36)41-12-18-21(37)26(3,38)24(42-18)33-13-29-20-22(27)30-25(28)31-23(20)33/h4-7,10,13-14,16,18,21,24,37-38H,8-9,11-12H2,1-3H3,(H,32,39)(H,35,36)(H2,28,30,31)/t16-,18+,21-,24-,26-,44?/m1/s1. The lowest BCUT2D eigenvalue weighted by molar-refractivity contribution is -0.137. The van der Waals surface area contributed by atoms with Crippen molar-refractivity contribution in [1.82, 2.24) is 24.6 Å². The van der Waals surface area contributed by atoms with Crippen molar-refractivity contribution in [1.29, 1.82) is 0 Å². The number of aliphatic hydroxyl groups excluding tert-OH is 1. The maximum absolute atomic E-state index is 14.1. The van der Waals surface area contributed by atoms with Gasteiger partial charge in [0.2, 0.25) is 5.95 Å². The van der Waals surface area contributed by atoms with Crippen LogP contribution in [0.2, 0.25) is 5.15 Å². The first-order chi connectivity index (χ1) is 20.7. The van der Waals surface area contributed by atoms with Gasteiger partial charge >= 0.3 is 13.7 Å². The molecule has 6 N–H and O–H groups in total. The quantitative estimate of drug-likeness (QED) is 0.0893. The Balaban J connectivity index is 1.59. The van der Waals surface area contributed by atoms with Gasteiger partial charge in [-0.25, -0.2) is 9.55 Å². The van der Waals surface area contributed by atoms with Crippen molar-refractivity contribution < 1.29 is 48.0 Å². The van der Waals surface area contributed by atoms with Gasteiger partial charge in [-0.3, -0.25) is 13.9 Å². The number of fused-ring (bicyclic) bond motifs is 1. The number of aryl methyl sites for hydroxylation is 1. The third kappa shape index (κ3) is 7.71. The minimum Gasteiger partial charge on any atom is -0.481 e. The minimum absolute atomic E-state index is 0.0247. The van der Waals surface area contributed by atoms with Gasteiger partial charge < -0.3 is 39.8 Å². The number of nitrogens with two attached hydrogens (primary N) is 1. The number of imidazole rings is 1. The number of aldehydes is 1. The summed E-state index contributed by atoms with van der Waals surface area (Å²) in [5.41, 5.74) is 4.53. The number of para-hydroxylation sites is 1. The van der Waals surface area contributed by atoms with Crippen molar-refractivity contribution in [2.24, 2.45) is 0 Å². The van der Waals surface area contributed by atoms with E-state index < -0.39 is 50.4 Å². The molecule has 1 aliphatic heterocycles. The predicted octanol–water partition coefficient (Wildman–Crippen LogP) is 1.87. The van der Waals surface area contributed by atoms with Crippen LogP contribution in [0.3, 0.4) is 0 Å². The van der Waals surface area contributed by atoms with Crippen molar-refractivity contribution in [3.63, 3.8) is 0 Å². The summed E-state index contributed by atoms with van der Waals surface area (Å²) < 4.78 is 38.4. The first kappa shape index (κ1) is 33.7. The van der Waals surface area contributed by atoms with E-state index in [9.17, 15) is 24.4 Å². The van der Waals surface area contributed by atoms with E-state index in [2.05, 4.69) is 20.0 Å². The molecule has 0 spiro atoms. The van der Waals surface area contributed by atoms with Crippen molar-refractivity contribution in [3.8, 4) is 5.75 Å². The normalized spacial score (nSPS) is 23.9. The SMILES string of the molecule is CC(C)OC[C@@H](C=O)NP(=O)(OC[C@@H]1O[C@@H](n2cnc3c(Cl)nc(N)nc32)[C@](C)(O)[C@@H]1O)Oc1ccccc1CCC(=O)O. The molecule has 44 heavy (non-hydrogen) atoms. The molecule has 18 heteroatoms.